The van der Waals surface area contributed by atoms with Crippen molar-refractivity contribution in [2.24, 2.45) is 9.50 Å². The first kappa shape index (κ1) is 21.0. The van der Waals surface area contributed by atoms with Gasteiger partial charge in [0.05, 0.1) is 11.1 Å². The van der Waals surface area contributed by atoms with Crippen molar-refractivity contribution in [3.8, 4) is 0 Å². The molecule has 8 nitrogen and oxygen atoms in total. The molecular weight excluding hydrogens is 439 g/mol. The molecule has 0 saturated heterocycles. The van der Waals surface area contributed by atoms with Gasteiger partial charge >= 0.3 is 0 Å². The van der Waals surface area contributed by atoms with Gasteiger partial charge in [-0.05, 0) is 46.9 Å². The number of halogens is 1. The molecule has 0 radical (unpaired) electrons. The smallest absolute Gasteiger partial charge is 0.238 e. The molecule has 1 atom stereocenters. The Balaban J connectivity index is 1.54. The molecule has 0 amide bonds. The van der Waals surface area contributed by atoms with E-state index in [9.17, 15) is 12.8 Å². The first-order valence-electron chi connectivity index (χ1n) is 9.00. The maximum atomic E-state index is 14.2. The predicted molar refractivity (Wildman–Crippen MR) is 119 cm³/mol. The summed E-state index contributed by atoms with van der Waals surface area (Å²) >= 11 is 0. The van der Waals surface area contributed by atoms with Crippen molar-refractivity contribution in [3.05, 3.63) is 83.4 Å². The van der Waals surface area contributed by atoms with E-state index in [0.29, 0.717) is 11.4 Å². The third-order valence-electron chi connectivity index (χ3n) is 4.14. The lowest BCUT2D eigenvalue weighted by Gasteiger charge is -2.07. The number of nitrogens with zero attached hydrogens (tertiary/aromatic N) is 4. The molecule has 3 aromatic rings. The second kappa shape index (κ2) is 8.84. The second-order valence-corrected chi connectivity index (χ2v) is 9.62. The number of nitrogens with two attached hydrogens (primary N) is 1. The van der Waals surface area contributed by atoms with Crippen LogP contribution in [0.15, 0.2) is 81.3 Å². The summed E-state index contributed by atoms with van der Waals surface area (Å²) < 4.78 is 41.7. The Labute approximate surface area is 180 Å². The second-order valence-electron chi connectivity index (χ2n) is 6.51. The van der Waals surface area contributed by atoms with Gasteiger partial charge < -0.3 is 5.32 Å². The number of hydrogen-bond donors (Lipinski definition) is 2. The summed E-state index contributed by atoms with van der Waals surface area (Å²) in [6, 6.07) is 9.67. The van der Waals surface area contributed by atoms with Gasteiger partial charge in [-0.15, -0.1) is 0 Å². The number of anilines is 2. The van der Waals surface area contributed by atoms with Crippen molar-refractivity contribution in [1.29, 1.82) is 0 Å². The van der Waals surface area contributed by atoms with Crippen LogP contribution in [0.1, 0.15) is 5.56 Å². The van der Waals surface area contributed by atoms with Gasteiger partial charge in [0.15, 0.2) is 11.6 Å². The molecule has 0 saturated carbocycles. The molecule has 4 rings (SSSR count). The van der Waals surface area contributed by atoms with E-state index in [1.54, 1.807) is 18.5 Å². The largest absolute Gasteiger partial charge is 0.324 e. The Bertz CT molecular complexity index is 1320. The molecule has 1 aliphatic rings. The van der Waals surface area contributed by atoms with Crippen LogP contribution in [0.25, 0.3) is 6.08 Å². The van der Waals surface area contributed by atoms with E-state index in [4.69, 9.17) is 5.14 Å². The standard InChI is InChI=1S/C20H17FN6O2S2/c21-18-12-24-20(25-16-4-1-5-17(10-16)31(22,28)29)26-19(18)27-30-8-6-15(13-30)9-14-3-2-7-23-11-14/h1-12H,13H2,(H2,22,28,29)(H,24,25,26). The molecule has 3 N–H and O–H groups in total. The summed E-state index contributed by atoms with van der Waals surface area (Å²) in [5, 5.41) is 9.91. The Kier molecular flexibility index (Phi) is 5.98. The maximum Gasteiger partial charge on any atom is 0.238 e. The highest BCUT2D eigenvalue weighted by atomic mass is 32.2. The minimum Gasteiger partial charge on any atom is -0.324 e. The summed E-state index contributed by atoms with van der Waals surface area (Å²) in [6.45, 7) is 0. The molecular formula is C20H17FN6O2S2. The maximum absolute atomic E-state index is 14.2. The number of allylic oxidation sites excluding steroid dienone is 1. The summed E-state index contributed by atoms with van der Waals surface area (Å²) in [4.78, 5) is 12.1. The van der Waals surface area contributed by atoms with Gasteiger partial charge in [0.2, 0.25) is 16.0 Å². The molecule has 0 bridgehead atoms. The topological polar surface area (TPSA) is 123 Å². The quantitative estimate of drug-likeness (QED) is 0.606. The number of primary sulfonamides is 1. The first-order chi connectivity index (χ1) is 14.9. The zero-order valence-corrected chi connectivity index (χ0v) is 17.6. The van der Waals surface area contributed by atoms with Crippen molar-refractivity contribution >= 4 is 44.2 Å². The SMILES string of the molecule is NS(=O)(=O)c1cccc(Nc2ncc(F)c(N=S3C=CC(=Cc4cccnc4)C3)n2)c1. The predicted octanol–water partition coefficient (Wildman–Crippen LogP) is 3.45. The number of aromatic nitrogens is 3. The third kappa shape index (κ3) is 5.45. The summed E-state index contributed by atoms with van der Waals surface area (Å²) in [5.41, 5.74) is 2.44. The highest BCUT2D eigenvalue weighted by Gasteiger charge is 2.12. The van der Waals surface area contributed by atoms with E-state index >= 15 is 0 Å². The van der Waals surface area contributed by atoms with E-state index in [0.717, 1.165) is 17.3 Å². The molecule has 31 heavy (non-hydrogen) atoms. The van der Waals surface area contributed by atoms with Crippen LogP contribution in [-0.4, -0.2) is 29.1 Å². The van der Waals surface area contributed by atoms with Crippen LogP contribution in [-0.2, 0) is 20.7 Å². The number of rotatable bonds is 5. The number of nitrogens with one attached hydrogen (secondary N) is 1. The van der Waals surface area contributed by atoms with Gasteiger partial charge in [-0.25, -0.2) is 27.3 Å². The van der Waals surface area contributed by atoms with Crippen molar-refractivity contribution in [1.82, 2.24) is 15.0 Å². The van der Waals surface area contributed by atoms with Crippen LogP contribution in [0.2, 0.25) is 0 Å². The van der Waals surface area contributed by atoms with Gasteiger partial charge in [-0.2, -0.15) is 4.98 Å². The average Bonchev–Trinajstić information content (AvgIpc) is 3.17. The fraction of sp³-hybridized carbons (Fsp3) is 0.0500. The van der Waals surface area contributed by atoms with Gasteiger partial charge in [0.1, 0.15) is 0 Å². The zero-order valence-electron chi connectivity index (χ0n) is 16.0. The molecule has 0 aliphatic carbocycles. The monoisotopic (exact) mass is 456 g/mol. The van der Waals surface area contributed by atoms with Crippen LogP contribution in [0.3, 0.4) is 0 Å². The highest BCUT2D eigenvalue weighted by molar-refractivity contribution is 7.90. The van der Waals surface area contributed by atoms with E-state index in [-0.39, 0.29) is 16.7 Å². The van der Waals surface area contributed by atoms with Gasteiger partial charge in [0, 0.05) is 23.8 Å². The molecule has 2 aromatic heterocycles. The van der Waals surface area contributed by atoms with Crippen molar-refractivity contribution < 1.29 is 12.8 Å². The van der Waals surface area contributed by atoms with Gasteiger partial charge in [0.25, 0.3) is 0 Å². The van der Waals surface area contributed by atoms with E-state index in [1.165, 1.54) is 18.2 Å². The van der Waals surface area contributed by atoms with Gasteiger partial charge in [-0.3, -0.25) is 4.98 Å². The number of benzene rings is 1. The van der Waals surface area contributed by atoms with Crippen molar-refractivity contribution in [2.75, 3.05) is 11.1 Å². The normalized spacial score (nSPS) is 17.4. The minimum atomic E-state index is -3.85. The summed E-state index contributed by atoms with van der Waals surface area (Å²) in [6.07, 6.45) is 8.46. The molecule has 1 unspecified atom stereocenters. The average molecular weight is 457 g/mol. The highest BCUT2D eigenvalue weighted by Crippen LogP contribution is 2.24. The Morgan fingerprint density at radius 1 is 1.23 bits per heavy atom. The first-order valence-corrected chi connectivity index (χ1v) is 12.0. The third-order valence-corrected chi connectivity index (χ3v) is 6.54. The van der Waals surface area contributed by atoms with Crippen LogP contribution < -0.4 is 10.5 Å². The lowest BCUT2D eigenvalue weighted by atomic mass is 10.2. The molecule has 3 heterocycles. The minimum absolute atomic E-state index is 0.0602. The number of hydrogen-bond acceptors (Lipinski definition) is 7. The molecule has 1 aromatic carbocycles. The molecule has 1 aliphatic heterocycles. The fourth-order valence-corrected chi connectivity index (χ4v) is 4.72. The van der Waals surface area contributed by atoms with Crippen LogP contribution >= 0.6 is 0 Å². The molecule has 11 heteroatoms. The van der Waals surface area contributed by atoms with Crippen molar-refractivity contribution in [3.63, 3.8) is 0 Å². The van der Waals surface area contributed by atoms with E-state index in [1.807, 2.05) is 29.7 Å². The van der Waals surface area contributed by atoms with E-state index < -0.39 is 26.5 Å². The lowest BCUT2D eigenvalue weighted by Crippen LogP contribution is -2.12. The molecule has 158 valence electrons. The summed E-state index contributed by atoms with van der Waals surface area (Å²) in [5.74, 6) is 0.00656. The molecule has 0 fully saturated rings. The Hall–Kier alpha value is -3.28. The van der Waals surface area contributed by atoms with E-state index in [2.05, 4.69) is 24.6 Å². The lowest BCUT2D eigenvalue weighted by molar-refractivity contribution is 0.598. The number of sulfonamides is 1. The van der Waals surface area contributed by atoms with Gasteiger partial charge in [-0.1, -0.05) is 28.9 Å². The van der Waals surface area contributed by atoms with Crippen molar-refractivity contribution in [2.45, 2.75) is 4.90 Å². The Morgan fingerprint density at radius 2 is 2.10 bits per heavy atom. The fourth-order valence-electron chi connectivity index (χ4n) is 2.73. The zero-order chi connectivity index (χ0) is 21.8. The van der Waals surface area contributed by atoms with Crippen LogP contribution in [0, 0.1) is 5.82 Å². The van der Waals surface area contributed by atoms with Crippen LogP contribution in [0.4, 0.5) is 21.8 Å². The van der Waals surface area contributed by atoms with Crippen LogP contribution in [0.5, 0.6) is 0 Å². The Morgan fingerprint density at radius 3 is 2.87 bits per heavy atom. The number of pyridine rings is 1. The summed E-state index contributed by atoms with van der Waals surface area (Å²) in [7, 11) is -4.41. The molecule has 0 spiro atoms.